The second kappa shape index (κ2) is 9.80. The lowest BCUT2D eigenvalue weighted by Gasteiger charge is -2.45. The Balaban J connectivity index is 1.73. The van der Waals surface area contributed by atoms with Gasteiger partial charge in [0.15, 0.2) is 0 Å². The van der Waals surface area contributed by atoms with E-state index >= 15 is 0 Å². The normalized spacial score (nSPS) is 20.1. The molecule has 1 saturated heterocycles. The number of nitrogens with zero attached hydrogens (tertiary/aromatic N) is 2. The molecule has 2 atom stereocenters. The third-order valence-electron chi connectivity index (χ3n) is 4.97. The molecule has 0 spiro atoms. The van der Waals surface area contributed by atoms with Crippen molar-refractivity contribution in [3.8, 4) is 0 Å². The van der Waals surface area contributed by atoms with Gasteiger partial charge in [0.25, 0.3) is 11.6 Å². The van der Waals surface area contributed by atoms with Crippen LogP contribution in [0.4, 0.5) is 5.69 Å². The summed E-state index contributed by atoms with van der Waals surface area (Å²) in [7, 11) is 0. The predicted octanol–water partition coefficient (Wildman–Crippen LogP) is 1.72. The third-order valence-corrected chi connectivity index (χ3v) is 4.97. The fourth-order valence-corrected chi connectivity index (χ4v) is 3.31. The van der Waals surface area contributed by atoms with Crippen molar-refractivity contribution in [3.05, 3.63) is 39.9 Å². The lowest BCUT2D eigenvalue weighted by molar-refractivity contribution is -0.384. The number of carbonyl (C=O) groups is 2. The average Bonchev–Trinajstić information content (AvgIpc) is 2.65. The summed E-state index contributed by atoms with van der Waals surface area (Å²) < 4.78 is 5.76. The number of rotatable bonds is 8. The predicted molar refractivity (Wildman–Crippen MR) is 109 cm³/mol. The van der Waals surface area contributed by atoms with Crippen molar-refractivity contribution in [2.45, 2.75) is 51.9 Å². The lowest BCUT2D eigenvalue weighted by Crippen LogP contribution is -2.58. The number of benzene rings is 1. The summed E-state index contributed by atoms with van der Waals surface area (Å²) in [5.74, 6) is -0.513. The molecule has 0 radical (unpaired) electrons. The first-order valence-corrected chi connectivity index (χ1v) is 9.78. The van der Waals surface area contributed by atoms with Gasteiger partial charge in [-0.15, -0.1) is 0 Å². The molecule has 1 aliphatic rings. The molecule has 0 aliphatic carbocycles. The highest BCUT2D eigenvalue weighted by Gasteiger charge is 2.33. The van der Waals surface area contributed by atoms with Crippen molar-refractivity contribution in [1.29, 1.82) is 0 Å². The summed E-state index contributed by atoms with van der Waals surface area (Å²) in [5.41, 5.74) is 0.0320. The minimum atomic E-state index is -0.522. The van der Waals surface area contributed by atoms with Crippen LogP contribution in [0.2, 0.25) is 0 Å². The Kier molecular flexibility index (Phi) is 7.69. The number of nitro benzene ring substituents is 1. The Labute approximate surface area is 170 Å². The van der Waals surface area contributed by atoms with E-state index in [1.165, 1.54) is 24.3 Å². The Morgan fingerprint density at radius 2 is 1.76 bits per heavy atom. The molecule has 2 rings (SSSR count). The van der Waals surface area contributed by atoms with Gasteiger partial charge in [0, 0.05) is 55.8 Å². The van der Waals surface area contributed by atoms with E-state index in [2.05, 4.69) is 29.4 Å². The largest absolute Gasteiger partial charge is 0.373 e. The minimum Gasteiger partial charge on any atom is -0.373 e. The van der Waals surface area contributed by atoms with Crippen LogP contribution in [-0.4, -0.2) is 65.6 Å². The Morgan fingerprint density at radius 1 is 1.17 bits per heavy atom. The van der Waals surface area contributed by atoms with Crippen molar-refractivity contribution in [3.63, 3.8) is 0 Å². The SMILES string of the molecule is CC1CN(C(C)(C)CNC(=O)CCNC(=O)c2ccc([N+](=O)[O-])cc2)CC(C)O1. The molecule has 1 fully saturated rings. The van der Waals surface area contributed by atoms with Crippen LogP contribution in [0.1, 0.15) is 44.5 Å². The summed E-state index contributed by atoms with van der Waals surface area (Å²) >= 11 is 0. The zero-order valence-corrected chi connectivity index (χ0v) is 17.4. The van der Waals surface area contributed by atoms with E-state index in [-0.39, 0.29) is 48.2 Å². The minimum absolute atomic E-state index is 0.0763. The number of carbonyl (C=O) groups excluding carboxylic acids is 2. The van der Waals surface area contributed by atoms with Crippen LogP contribution in [0.3, 0.4) is 0 Å². The number of nitro groups is 1. The molecule has 9 nitrogen and oxygen atoms in total. The molecule has 1 aromatic rings. The number of hydrogen-bond acceptors (Lipinski definition) is 6. The topological polar surface area (TPSA) is 114 Å². The number of nitrogens with one attached hydrogen (secondary N) is 2. The van der Waals surface area contributed by atoms with Gasteiger partial charge in [-0.05, 0) is 39.8 Å². The van der Waals surface area contributed by atoms with E-state index in [1.807, 2.05) is 13.8 Å². The molecule has 0 aromatic heterocycles. The molecular weight excluding hydrogens is 376 g/mol. The van der Waals surface area contributed by atoms with E-state index < -0.39 is 4.92 Å². The number of hydrogen-bond donors (Lipinski definition) is 2. The second-order valence-corrected chi connectivity index (χ2v) is 8.06. The Morgan fingerprint density at radius 3 is 2.31 bits per heavy atom. The molecule has 2 unspecified atom stereocenters. The first-order valence-electron chi connectivity index (χ1n) is 9.78. The summed E-state index contributed by atoms with van der Waals surface area (Å²) in [6.45, 7) is 10.6. The molecule has 29 heavy (non-hydrogen) atoms. The highest BCUT2D eigenvalue weighted by molar-refractivity contribution is 5.94. The van der Waals surface area contributed by atoms with Crippen LogP contribution in [0.25, 0.3) is 0 Å². The summed E-state index contributed by atoms with van der Waals surface area (Å²) in [6.07, 6.45) is 0.469. The van der Waals surface area contributed by atoms with Crippen LogP contribution in [0.5, 0.6) is 0 Å². The summed E-state index contributed by atoms with van der Waals surface area (Å²) in [5, 5.41) is 16.2. The third kappa shape index (κ3) is 6.79. The Bertz CT molecular complexity index is 725. The maximum Gasteiger partial charge on any atom is 0.269 e. The maximum absolute atomic E-state index is 12.2. The van der Waals surface area contributed by atoms with Crippen LogP contribution >= 0.6 is 0 Å². The van der Waals surface area contributed by atoms with Gasteiger partial charge in [0.2, 0.25) is 5.91 Å². The van der Waals surface area contributed by atoms with Gasteiger partial charge < -0.3 is 15.4 Å². The quantitative estimate of drug-likeness (QED) is 0.502. The van der Waals surface area contributed by atoms with Crippen molar-refractivity contribution >= 4 is 17.5 Å². The highest BCUT2D eigenvalue weighted by Crippen LogP contribution is 2.20. The van der Waals surface area contributed by atoms with Crippen molar-refractivity contribution < 1.29 is 19.2 Å². The maximum atomic E-state index is 12.2. The van der Waals surface area contributed by atoms with Crippen molar-refractivity contribution in [2.75, 3.05) is 26.2 Å². The molecule has 1 aromatic carbocycles. The number of non-ortho nitro benzene ring substituents is 1. The van der Waals surface area contributed by atoms with Gasteiger partial charge >= 0.3 is 0 Å². The summed E-state index contributed by atoms with van der Waals surface area (Å²) in [6, 6.07) is 5.33. The van der Waals surface area contributed by atoms with E-state index in [4.69, 9.17) is 4.74 Å². The smallest absolute Gasteiger partial charge is 0.269 e. The molecule has 160 valence electrons. The van der Waals surface area contributed by atoms with Gasteiger partial charge in [-0.3, -0.25) is 24.6 Å². The van der Waals surface area contributed by atoms with Gasteiger partial charge in [-0.2, -0.15) is 0 Å². The average molecular weight is 406 g/mol. The van der Waals surface area contributed by atoms with Crippen LogP contribution in [-0.2, 0) is 9.53 Å². The first-order chi connectivity index (χ1) is 13.6. The van der Waals surface area contributed by atoms with E-state index in [0.717, 1.165) is 13.1 Å². The fourth-order valence-electron chi connectivity index (χ4n) is 3.31. The van der Waals surface area contributed by atoms with E-state index in [0.29, 0.717) is 12.1 Å². The number of ether oxygens (including phenoxy) is 1. The lowest BCUT2D eigenvalue weighted by atomic mass is 10.00. The molecule has 2 amide bonds. The molecule has 0 bridgehead atoms. The van der Waals surface area contributed by atoms with E-state index in [1.54, 1.807) is 0 Å². The standard InChI is InChI=1S/C20H30N4O5/c1-14-11-23(12-15(2)29-14)20(3,4)13-22-18(25)9-10-21-19(26)16-5-7-17(8-6-16)24(27)28/h5-8,14-15H,9-13H2,1-4H3,(H,21,26)(H,22,25). The van der Waals surface area contributed by atoms with Crippen LogP contribution in [0, 0.1) is 10.1 Å². The monoisotopic (exact) mass is 406 g/mol. The van der Waals surface area contributed by atoms with Gasteiger partial charge in [0.1, 0.15) is 0 Å². The van der Waals surface area contributed by atoms with Gasteiger partial charge in [0.05, 0.1) is 17.1 Å². The second-order valence-electron chi connectivity index (χ2n) is 8.06. The number of amides is 2. The van der Waals surface area contributed by atoms with Gasteiger partial charge in [-0.1, -0.05) is 0 Å². The fraction of sp³-hybridized carbons (Fsp3) is 0.600. The molecule has 1 aliphatic heterocycles. The van der Waals surface area contributed by atoms with Crippen LogP contribution in [0.15, 0.2) is 24.3 Å². The van der Waals surface area contributed by atoms with Crippen molar-refractivity contribution in [2.24, 2.45) is 0 Å². The zero-order valence-electron chi connectivity index (χ0n) is 17.4. The highest BCUT2D eigenvalue weighted by atomic mass is 16.6. The molecule has 1 heterocycles. The number of morpholine rings is 1. The first kappa shape index (κ1) is 22.8. The molecule has 0 saturated carbocycles. The molecule has 2 N–H and O–H groups in total. The van der Waals surface area contributed by atoms with E-state index in [9.17, 15) is 19.7 Å². The molecule has 9 heteroatoms. The van der Waals surface area contributed by atoms with Crippen LogP contribution < -0.4 is 10.6 Å². The van der Waals surface area contributed by atoms with Crippen molar-refractivity contribution in [1.82, 2.24) is 15.5 Å². The molecular formula is C20H30N4O5. The Hall–Kier alpha value is -2.52. The van der Waals surface area contributed by atoms with Gasteiger partial charge in [-0.25, -0.2) is 0 Å². The summed E-state index contributed by atoms with van der Waals surface area (Å²) in [4.78, 5) is 36.7. The zero-order chi connectivity index (χ0) is 21.6.